The standard InChI is InChI=1S/C13H19N3O/c1-13(2)11(7-14)6-12(17)16(13)9-10-4-3-5-15-8-10/h3-5,8,11H,6-7,9,14H2,1-2H3. The van der Waals surface area contributed by atoms with Crippen molar-refractivity contribution in [2.45, 2.75) is 32.4 Å². The van der Waals surface area contributed by atoms with Gasteiger partial charge in [-0.1, -0.05) is 6.07 Å². The van der Waals surface area contributed by atoms with E-state index in [1.165, 1.54) is 0 Å². The molecule has 4 heteroatoms. The van der Waals surface area contributed by atoms with Crippen molar-refractivity contribution < 1.29 is 4.79 Å². The number of pyridine rings is 1. The maximum Gasteiger partial charge on any atom is 0.223 e. The molecule has 2 rings (SSSR count). The minimum Gasteiger partial charge on any atom is -0.333 e. The molecular weight excluding hydrogens is 214 g/mol. The van der Waals surface area contributed by atoms with Gasteiger partial charge in [-0.25, -0.2) is 0 Å². The maximum atomic E-state index is 12.0. The summed E-state index contributed by atoms with van der Waals surface area (Å²) in [4.78, 5) is 18.0. The molecule has 1 amide bonds. The summed E-state index contributed by atoms with van der Waals surface area (Å²) in [6.45, 7) is 5.36. The molecule has 0 aromatic carbocycles. The molecule has 1 unspecified atom stereocenters. The lowest BCUT2D eigenvalue weighted by molar-refractivity contribution is -0.131. The Morgan fingerprint density at radius 3 is 2.88 bits per heavy atom. The zero-order valence-electron chi connectivity index (χ0n) is 10.4. The number of carbonyl (C=O) groups is 1. The number of hydrogen-bond donors (Lipinski definition) is 1. The zero-order chi connectivity index (χ0) is 12.5. The number of aromatic nitrogens is 1. The normalized spacial score (nSPS) is 23.1. The Kier molecular flexibility index (Phi) is 3.15. The van der Waals surface area contributed by atoms with E-state index in [1.807, 2.05) is 17.0 Å². The third kappa shape index (κ3) is 2.17. The fourth-order valence-electron chi connectivity index (χ4n) is 2.45. The first-order valence-corrected chi connectivity index (χ1v) is 5.95. The second-order valence-corrected chi connectivity index (χ2v) is 5.13. The quantitative estimate of drug-likeness (QED) is 0.852. The van der Waals surface area contributed by atoms with Crippen molar-refractivity contribution in [1.29, 1.82) is 0 Å². The van der Waals surface area contributed by atoms with Gasteiger partial charge in [0, 0.05) is 36.8 Å². The van der Waals surface area contributed by atoms with Gasteiger partial charge in [-0.15, -0.1) is 0 Å². The van der Waals surface area contributed by atoms with Gasteiger partial charge in [0.15, 0.2) is 0 Å². The lowest BCUT2D eigenvalue weighted by Gasteiger charge is -2.35. The van der Waals surface area contributed by atoms with E-state index >= 15 is 0 Å². The van der Waals surface area contributed by atoms with Crippen LogP contribution in [0, 0.1) is 5.92 Å². The highest BCUT2D eigenvalue weighted by molar-refractivity contribution is 5.80. The van der Waals surface area contributed by atoms with Crippen molar-refractivity contribution in [3.8, 4) is 0 Å². The fraction of sp³-hybridized carbons (Fsp3) is 0.538. The van der Waals surface area contributed by atoms with Gasteiger partial charge in [0.25, 0.3) is 0 Å². The number of rotatable bonds is 3. The monoisotopic (exact) mass is 233 g/mol. The molecule has 0 aliphatic carbocycles. The molecule has 0 radical (unpaired) electrons. The topological polar surface area (TPSA) is 59.2 Å². The number of carbonyl (C=O) groups excluding carboxylic acids is 1. The van der Waals surface area contributed by atoms with Crippen LogP contribution in [-0.4, -0.2) is 27.9 Å². The van der Waals surface area contributed by atoms with E-state index in [0.29, 0.717) is 19.5 Å². The van der Waals surface area contributed by atoms with Crippen LogP contribution in [0.15, 0.2) is 24.5 Å². The van der Waals surface area contributed by atoms with Crippen molar-refractivity contribution >= 4 is 5.91 Å². The van der Waals surface area contributed by atoms with Crippen LogP contribution < -0.4 is 5.73 Å². The molecule has 1 aliphatic heterocycles. The second-order valence-electron chi connectivity index (χ2n) is 5.13. The van der Waals surface area contributed by atoms with E-state index < -0.39 is 0 Å². The third-order valence-corrected chi connectivity index (χ3v) is 3.76. The van der Waals surface area contributed by atoms with E-state index in [9.17, 15) is 4.79 Å². The molecule has 4 nitrogen and oxygen atoms in total. The molecule has 0 saturated carbocycles. The highest BCUT2D eigenvalue weighted by Crippen LogP contribution is 2.35. The first-order valence-electron chi connectivity index (χ1n) is 5.95. The summed E-state index contributed by atoms with van der Waals surface area (Å²) in [5.41, 5.74) is 6.63. The van der Waals surface area contributed by atoms with Crippen molar-refractivity contribution in [1.82, 2.24) is 9.88 Å². The van der Waals surface area contributed by atoms with Gasteiger partial charge in [0.05, 0.1) is 0 Å². The fourth-order valence-corrected chi connectivity index (χ4v) is 2.45. The average Bonchev–Trinajstić information content (AvgIpc) is 2.53. The summed E-state index contributed by atoms with van der Waals surface area (Å²) >= 11 is 0. The van der Waals surface area contributed by atoms with Gasteiger partial charge in [0.2, 0.25) is 5.91 Å². The number of hydrogen-bond acceptors (Lipinski definition) is 3. The summed E-state index contributed by atoms with van der Waals surface area (Å²) in [5, 5.41) is 0. The molecule has 1 aliphatic rings. The number of amides is 1. The minimum absolute atomic E-state index is 0.165. The molecule has 17 heavy (non-hydrogen) atoms. The van der Waals surface area contributed by atoms with Crippen molar-refractivity contribution in [2.75, 3.05) is 6.54 Å². The SMILES string of the molecule is CC1(C)C(CN)CC(=O)N1Cc1cccnc1. The van der Waals surface area contributed by atoms with Crippen LogP contribution in [0.25, 0.3) is 0 Å². The molecule has 1 aromatic heterocycles. The third-order valence-electron chi connectivity index (χ3n) is 3.76. The number of nitrogens with two attached hydrogens (primary N) is 1. The Bertz CT molecular complexity index is 402. The first-order chi connectivity index (χ1) is 8.05. The Hall–Kier alpha value is -1.42. The molecular formula is C13H19N3O. The number of nitrogens with zero attached hydrogens (tertiary/aromatic N) is 2. The Balaban J connectivity index is 2.18. The predicted octanol–water partition coefficient (Wildman–Crippen LogP) is 1.17. The second kappa shape index (κ2) is 4.45. The lowest BCUT2D eigenvalue weighted by atomic mass is 9.88. The first kappa shape index (κ1) is 12.0. The summed E-state index contributed by atoms with van der Waals surface area (Å²) in [6, 6.07) is 3.88. The summed E-state index contributed by atoms with van der Waals surface area (Å²) in [6.07, 6.45) is 4.10. The van der Waals surface area contributed by atoms with Gasteiger partial charge in [-0.3, -0.25) is 9.78 Å². The molecule has 0 spiro atoms. The van der Waals surface area contributed by atoms with Crippen molar-refractivity contribution in [2.24, 2.45) is 11.7 Å². The molecule has 1 aromatic rings. The Labute approximate surface area is 102 Å². The summed E-state index contributed by atoms with van der Waals surface area (Å²) in [7, 11) is 0. The van der Waals surface area contributed by atoms with E-state index in [2.05, 4.69) is 18.8 Å². The van der Waals surface area contributed by atoms with Gasteiger partial charge >= 0.3 is 0 Å². The molecule has 1 atom stereocenters. The van der Waals surface area contributed by atoms with Gasteiger partial charge in [-0.05, 0) is 32.0 Å². The van der Waals surface area contributed by atoms with E-state index in [4.69, 9.17) is 5.73 Å². The van der Waals surface area contributed by atoms with Crippen LogP contribution in [0.1, 0.15) is 25.8 Å². The van der Waals surface area contributed by atoms with Crippen LogP contribution in [0.5, 0.6) is 0 Å². The Morgan fingerprint density at radius 2 is 2.35 bits per heavy atom. The van der Waals surface area contributed by atoms with Gasteiger partial charge < -0.3 is 10.6 Å². The van der Waals surface area contributed by atoms with Crippen LogP contribution in [0.3, 0.4) is 0 Å². The molecule has 2 heterocycles. The lowest BCUT2D eigenvalue weighted by Crippen LogP contribution is -2.45. The van der Waals surface area contributed by atoms with Crippen LogP contribution >= 0.6 is 0 Å². The highest BCUT2D eigenvalue weighted by atomic mass is 16.2. The van der Waals surface area contributed by atoms with Crippen LogP contribution in [-0.2, 0) is 11.3 Å². The van der Waals surface area contributed by atoms with E-state index in [0.717, 1.165) is 5.56 Å². The minimum atomic E-state index is -0.165. The smallest absolute Gasteiger partial charge is 0.223 e. The highest BCUT2D eigenvalue weighted by Gasteiger charge is 2.45. The summed E-state index contributed by atoms with van der Waals surface area (Å²) in [5.74, 6) is 0.431. The Morgan fingerprint density at radius 1 is 1.59 bits per heavy atom. The van der Waals surface area contributed by atoms with Crippen molar-refractivity contribution in [3.05, 3.63) is 30.1 Å². The predicted molar refractivity (Wildman–Crippen MR) is 66.0 cm³/mol. The van der Waals surface area contributed by atoms with Crippen LogP contribution in [0.4, 0.5) is 0 Å². The summed E-state index contributed by atoms with van der Waals surface area (Å²) < 4.78 is 0. The van der Waals surface area contributed by atoms with E-state index in [-0.39, 0.29) is 17.4 Å². The zero-order valence-corrected chi connectivity index (χ0v) is 10.4. The maximum absolute atomic E-state index is 12.0. The van der Waals surface area contributed by atoms with Crippen LogP contribution in [0.2, 0.25) is 0 Å². The molecule has 1 fully saturated rings. The number of likely N-dealkylation sites (tertiary alicyclic amines) is 1. The van der Waals surface area contributed by atoms with Gasteiger partial charge in [-0.2, -0.15) is 0 Å². The van der Waals surface area contributed by atoms with Crippen molar-refractivity contribution in [3.63, 3.8) is 0 Å². The van der Waals surface area contributed by atoms with Gasteiger partial charge in [0.1, 0.15) is 0 Å². The molecule has 0 bridgehead atoms. The average molecular weight is 233 g/mol. The molecule has 2 N–H and O–H groups in total. The molecule has 92 valence electrons. The van der Waals surface area contributed by atoms with E-state index in [1.54, 1.807) is 12.4 Å². The molecule has 1 saturated heterocycles. The largest absolute Gasteiger partial charge is 0.333 e.